The van der Waals surface area contributed by atoms with Crippen LogP contribution in [0.4, 0.5) is 0 Å². The van der Waals surface area contributed by atoms with E-state index in [1.807, 2.05) is 18.2 Å². The molecule has 1 aromatic carbocycles. The van der Waals surface area contributed by atoms with Crippen LogP contribution in [0.15, 0.2) is 24.3 Å². The molecule has 0 bridgehead atoms. The molecule has 0 spiro atoms. The summed E-state index contributed by atoms with van der Waals surface area (Å²) < 4.78 is 2.07. The standard InChI is InChI=1S/C24H35N5OS/c30-22-15-8-7-10-19(22)18-28(20-11-3-1-4-12-20)24(31)17-9-16-23-25-26-27-29(23)21-13-5-2-6-14-21/h7-8,10,15,20-21,30H,1-6,9,11-14,16-18H2. The van der Waals surface area contributed by atoms with Crippen LogP contribution < -0.4 is 0 Å². The van der Waals surface area contributed by atoms with Crippen LogP contribution in [0.2, 0.25) is 0 Å². The minimum absolute atomic E-state index is 0.359. The van der Waals surface area contributed by atoms with E-state index in [9.17, 15) is 5.11 Å². The Labute approximate surface area is 191 Å². The highest BCUT2D eigenvalue weighted by Crippen LogP contribution is 2.29. The van der Waals surface area contributed by atoms with Crippen LogP contribution in [0.3, 0.4) is 0 Å². The maximum Gasteiger partial charge on any atom is 0.151 e. The number of aryl methyl sites for hydroxylation is 1. The molecule has 1 heterocycles. The first-order chi connectivity index (χ1) is 15.2. The molecule has 1 N–H and O–H groups in total. The fourth-order valence-electron chi connectivity index (χ4n) is 5.17. The summed E-state index contributed by atoms with van der Waals surface area (Å²) in [7, 11) is 0. The van der Waals surface area contributed by atoms with E-state index in [2.05, 4.69) is 25.1 Å². The smallest absolute Gasteiger partial charge is 0.151 e. The summed E-state index contributed by atoms with van der Waals surface area (Å²) >= 11 is 5.94. The summed E-state index contributed by atoms with van der Waals surface area (Å²) in [6.07, 6.45) is 15.1. The second-order valence-electron chi connectivity index (χ2n) is 9.13. The van der Waals surface area contributed by atoms with E-state index in [-0.39, 0.29) is 0 Å². The van der Waals surface area contributed by atoms with Gasteiger partial charge in [0.15, 0.2) is 5.82 Å². The van der Waals surface area contributed by atoms with Gasteiger partial charge in [-0.15, -0.1) is 5.10 Å². The molecule has 31 heavy (non-hydrogen) atoms. The van der Waals surface area contributed by atoms with Crippen molar-refractivity contribution in [3.8, 4) is 5.75 Å². The van der Waals surface area contributed by atoms with Gasteiger partial charge in [0.2, 0.25) is 0 Å². The molecule has 168 valence electrons. The van der Waals surface area contributed by atoms with Crippen LogP contribution in [-0.4, -0.2) is 41.2 Å². The third-order valence-electron chi connectivity index (χ3n) is 6.94. The molecule has 2 aliphatic rings. The number of phenols is 1. The van der Waals surface area contributed by atoms with Crippen LogP contribution in [0, 0.1) is 0 Å². The molecule has 1 aromatic heterocycles. The van der Waals surface area contributed by atoms with Crippen LogP contribution in [0.1, 0.15) is 94.5 Å². The third-order valence-corrected chi connectivity index (χ3v) is 7.38. The number of nitrogens with zero attached hydrogens (tertiary/aromatic N) is 5. The van der Waals surface area contributed by atoms with Gasteiger partial charge in [0.05, 0.1) is 11.0 Å². The largest absolute Gasteiger partial charge is 0.508 e. The fourth-order valence-corrected chi connectivity index (χ4v) is 5.53. The average Bonchev–Trinajstić information content (AvgIpc) is 3.28. The highest BCUT2D eigenvalue weighted by molar-refractivity contribution is 7.80. The van der Waals surface area contributed by atoms with Crippen molar-refractivity contribution in [3.63, 3.8) is 0 Å². The SMILES string of the molecule is Oc1ccccc1CN(C(=S)CCCc1nnnn1C1CCCCC1)C1CCCCC1. The van der Waals surface area contributed by atoms with Crippen molar-refractivity contribution in [2.45, 2.75) is 102 Å². The lowest BCUT2D eigenvalue weighted by atomic mass is 9.93. The van der Waals surface area contributed by atoms with Gasteiger partial charge in [-0.2, -0.15) is 0 Å². The topological polar surface area (TPSA) is 67.1 Å². The first-order valence-electron chi connectivity index (χ1n) is 12.1. The number of hydrogen-bond acceptors (Lipinski definition) is 5. The normalized spacial score (nSPS) is 18.2. The summed E-state index contributed by atoms with van der Waals surface area (Å²) in [5.41, 5.74) is 0.955. The Bertz CT molecular complexity index is 842. The van der Waals surface area contributed by atoms with Crippen LogP contribution in [-0.2, 0) is 13.0 Å². The maximum absolute atomic E-state index is 10.3. The van der Waals surface area contributed by atoms with E-state index in [4.69, 9.17) is 12.2 Å². The van der Waals surface area contributed by atoms with Crippen LogP contribution in [0.25, 0.3) is 0 Å². The Balaban J connectivity index is 1.37. The minimum Gasteiger partial charge on any atom is -0.508 e. The number of aromatic nitrogens is 4. The molecule has 2 aliphatic carbocycles. The van der Waals surface area contributed by atoms with E-state index in [0.29, 0.717) is 24.4 Å². The van der Waals surface area contributed by atoms with E-state index in [1.165, 1.54) is 64.2 Å². The van der Waals surface area contributed by atoms with E-state index >= 15 is 0 Å². The van der Waals surface area contributed by atoms with Gasteiger partial charge in [-0.3, -0.25) is 0 Å². The molecule has 4 rings (SSSR count). The molecule has 6 nitrogen and oxygen atoms in total. The van der Waals surface area contributed by atoms with E-state index in [1.54, 1.807) is 6.07 Å². The van der Waals surface area contributed by atoms with Gasteiger partial charge in [-0.25, -0.2) is 4.68 Å². The van der Waals surface area contributed by atoms with E-state index in [0.717, 1.165) is 35.6 Å². The summed E-state index contributed by atoms with van der Waals surface area (Å²) in [6.45, 7) is 0.690. The highest BCUT2D eigenvalue weighted by Gasteiger charge is 2.25. The second kappa shape index (κ2) is 11.0. The zero-order valence-electron chi connectivity index (χ0n) is 18.5. The lowest BCUT2D eigenvalue weighted by Gasteiger charge is -2.36. The van der Waals surface area contributed by atoms with Gasteiger partial charge in [-0.1, -0.05) is 68.9 Å². The molecule has 2 aromatic rings. The number of hydrogen-bond donors (Lipinski definition) is 1. The summed E-state index contributed by atoms with van der Waals surface area (Å²) in [6, 6.07) is 8.58. The number of thiocarbonyl (C=S) groups is 1. The number of benzene rings is 1. The van der Waals surface area contributed by atoms with Gasteiger partial charge in [0.1, 0.15) is 5.75 Å². The third kappa shape index (κ3) is 5.82. The molecule has 2 saturated carbocycles. The first-order valence-corrected chi connectivity index (χ1v) is 12.5. The van der Waals surface area contributed by atoms with Crippen LogP contribution in [0.5, 0.6) is 5.75 Å². The lowest BCUT2D eigenvalue weighted by molar-refractivity contribution is 0.235. The van der Waals surface area contributed by atoms with Gasteiger partial charge < -0.3 is 10.0 Å². The van der Waals surface area contributed by atoms with Crippen molar-refractivity contribution in [3.05, 3.63) is 35.7 Å². The van der Waals surface area contributed by atoms with Crippen molar-refractivity contribution in [1.82, 2.24) is 25.1 Å². The van der Waals surface area contributed by atoms with Crippen molar-refractivity contribution in [2.75, 3.05) is 0 Å². The number of aromatic hydroxyl groups is 1. The Morgan fingerprint density at radius 1 is 1.03 bits per heavy atom. The molecule has 0 saturated heterocycles. The predicted molar refractivity (Wildman–Crippen MR) is 126 cm³/mol. The summed E-state index contributed by atoms with van der Waals surface area (Å²) in [5.74, 6) is 1.36. The summed E-state index contributed by atoms with van der Waals surface area (Å²) in [5, 5.41) is 22.9. The Hall–Kier alpha value is -2.02. The van der Waals surface area contributed by atoms with Crippen molar-refractivity contribution in [1.29, 1.82) is 0 Å². The fraction of sp³-hybridized carbons (Fsp3) is 0.667. The zero-order chi connectivity index (χ0) is 21.5. The Morgan fingerprint density at radius 2 is 1.74 bits per heavy atom. The number of para-hydroxylation sites is 1. The molecule has 2 fully saturated rings. The van der Waals surface area contributed by atoms with Gasteiger partial charge in [-0.05, 0) is 55.0 Å². The molecule has 0 atom stereocenters. The predicted octanol–water partition coefficient (Wildman–Crippen LogP) is 5.37. The van der Waals surface area contributed by atoms with E-state index < -0.39 is 0 Å². The molecule has 7 heteroatoms. The monoisotopic (exact) mass is 441 g/mol. The summed E-state index contributed by atoms with van der Waals surface area (Å²) in [4.78, 5) is 3.39. The molecule has 0 radical (unpaired) electrons. The molecule has 0 amide bonds. The average molecular weight is 442 g/mol. The van der Waals surface area contributed by atoms with Crippen molar-refractivity contribution >= 4 is 17.2 Å². The highest BCUT2D eigenvalue weighted by atomic mass is 32.1. The molecule has 0 aliphatic heterocycles. The first kappa shape index (κ1) is 22.2. The maximum atomic E-state index is 10.3. The quantitative estimate of drug-likeness (QED) is 0.556. The zero-order valence-corrected chi connectivity index (χ0v) is 19.3. The van der Waals surface area contributed by atoms with Gasteiger partial charge >= 0.3 is 0 Å². The number of phenolic OH excluding ortho intramolecular Hbond substituents is 1. The molecular weight excluding hydrogens is 406 g/mol. The van der Waals surface area contributed by atoms with Crippen molar-refractivity contribution < 1.29 is 5.11 Å². The van der Waals surface area contributed by atoms with Gasteiger partial charge in [0, 0.05) is 24.6 Å². The second-order valence-corrected chi connectivity index (χ2v) is 9.60. The minimum atomic E-state index is 0.359. The Morgan fingerprint density at radius 3 is 2.48 bits per heavy atom. The lowest BCUT2D eigenvalue weighted by Crippen LogP contribution is -2.40. The Kier molecular flexibility index (Phi) is 7.89. The molecule has 0 unspecified atom stereocenters. The van der Waals surface area contributed by atoms with Gasteiger partial charge in [0.25, 0.3) is 0 Å². The molecular formula is C24H35N5OS. The van der Waals surface area contributed by atoms with Crippen molar-refractivity contribution in [2.24, 2.45) is 0 Å². The number of rotatable bonds is 8. The van der Waals surface area contributed by atoms with Crippen LogP contribution >= 0.6 is 12.2 Å². The number of tetrazole rings is 1.